The van der Waals surface area contributed by atoms with Crippen LogP contribution in [0.3, 0.4) is 0 Å². The number of ether oxygens (including phenoxy) is 2. The standard InChI is InChI=1S/C34H49FO3/c1-22(2)9-8-10-23(3)27-15-16-28-26-14-13-24-21-25(37-32(36)38-31-12-7-6-11-30(31)35)17-19-33(24,4)29(26)18-20-34(27,28)5/h6-7,11-13,22-23,25-29H,8-10,14-21H2,1-5H3/t23-,25+,26-,27+,28-,29-,33+,34+/m1/s1. The molecule has 3 fully saturated rings. The van der Waals surface area contributed by atoms with Crippen molar-refractivity contribution in [1.29, 1.82) is 0 Å². The number of allylic oxidation sites excluding steroid dienone is 1. The van der Waals surface area contributed by atoms with Crippen molar-refractivity contribution < 1.29 is 18.7 Å². The molecule has 0 aliphatic heterocycles. The third-order valence-electron chi connectivity index (χ3n) is 11.6. The predicted octanol–water partition coefficient (Wildman–Crippen LogP) is 9.75. The van der Waals surface area contributed by atoms with E-state index in [4.69, 9.17) is 9.47 Å². The first-order valence-corrected chi connectivity index (χ1v) is 15.4. The molecule has 4 aliphatic rings. The number of hydrogen-bond acceptors (Lipinski definition) is 3. The summed E-state index contributed by atoms with van der Waals surface area (Å²) < 4.78 is 24.7. The zero-order chi connectivity index (χ0) is 27.1. The molecule has 0 spiro atoms. The first-order chi connectivity index (χ1) is 18.1. The number of carbonyl (C=O) groups is 1. The summed E-state index contributed by atoms with van der Waals surface area (Å²) in [5.41, 5.74) is 2.19. The highest BCUT2D eigenvalue weighted by Crippen LogP contribution is 2.67. The van der Waals surface area contributed by atoms with E-state index < -0.39 is 12.0 Å². The van der Waals surface area contributed by atoms with Gasteiger partial charge in [0.25, 0.3) is 0 Å². The normalized spacial score (nSPS) is 37.0. The molecular weight excluding hydrogens is 475 g/mol. The van der Waals surface area contributed by atoms with Gasteiger partial charge in [0.2, 0.25) is 0 Å². The molecule has 0 unspecified atom stereocenters. The number of para-hydroxylation sites is 1. The molecule has 1 aromatic carbocycles. The SMILES string of the molecule is CC(C)CCC[C@@H](C)[C@@H]1CC[C@@H]2[C@H]3CC=C4C[C@@H](OC(=O)Oc5ccccc5F)CC[C@]4(C)[C@@H]3CC[C@]21C. The maximum Gasteiger partial charge on any atom is 0.514 e. The lowest BCUT2D eigenvalue weighted by atomic mass is 9.47. The Morgan fingerprint density at radius 3 is 2.58 bits per heavy atom. The highest BCUT2D eigenvalue weighted by Gasteiger charge is 2.59. The van der Waals surface area contributed by atoms with Gasteiger partial charge in [0, 0.05) is 6.42 Å². The molecule has 0 heterocycles. The van der Waals surface area contributed by atoms with Crippen LogP contribution in [-0.2, 0) is 4.74 Å². The quantitative estimate of drug-likeness (QED) is 0.202. The summed E-state index contributed by atoms with van der Waals surface area (Å²) in [5, 5.41) is 0. The third-order valence-corrected chi connectivity index (χ3v) is 11.6. The minimum atomic E-state index is -0.800. The van der Waals surface area contributed by atoms with Crippen LogP contribution in [0.1, 0.15) is 105 Å². The lowest BCUT2D eigenvalue weighted by Crippen LogP contribution is -2.51. The second-order valence-corrected chi connectivity index (χ2v) is 14.1. The van der Waals surface area contributed by atoms with Gasteiger partial charge in [-0.1, -0.05) is 77.7 Å². The largest absolute Gasteiger partial charge is 0.514 e. The summed E-state index contributed by atoms with van der Waals surface area (Å²) in [4.78, 5) is 12.4. The zero-order valence-electron chi connectivity index (χ0n) is 24.3. The Morgan fingerprint density at radius 2 is 1.82 bits per heavy atom. The van der Waals surface area contributed by atoms with Gasteiger partial charge in [-0.3, -0.25) is 0 Å². The van der Waals surface area contributed by atoms with Crippen molar-refractivity contribution >= 4 is 6.16 Å². The van der Waals surface area contributed by atoms with Crippen molar-refractivity contribution in [3.05, 3.63) is 41.7 Å². The number of carbonyl (C=O) groups excluding carboxylic acids is 1. The van der Waals surface area contributed by atoms with E-state index in [0.717, 1.165) is 54.8 Å². The summed E-state index contributed by atoms with van der Waals surface area (Å²) >= 11 is 0. The molecule has 0 bridgehead atoms. The number of hydrogen-bond donors (Lipinski definition) is 0. The van der Waals surface area contributed by atoms with Crippen LogP contribution in [0.15, 0.2) is 35.9 Å². The minimum absolute atomic E-state index is 0.0766. The zero-order valence-corrected chi connectivity index (χ0v) is 24.3. The van der Waals surface area contributed by atoms with E-state index in [2.05, 4.69) is 40.7 Å². The Balaban J connectivity index is 1.22. The second kappa shape index (κ2) is 11.0. The Morgan fingerprint density at radius 1 is 1.03 bits per heavy atom. The fourth-order valence-electron chi connectivity index (χ4n) is 9.53. The maximum atomic E-state index is 13.9. The fraction of sp³-hybridized carbons (Fsp3) is 0.735. The molecule has 8 atom stereocenters. The maximum absolute atomic E-state index is 13.9. The predicted molar refractivity (Wildman–Crippen MR) is 150 cm³/mol. The van der Waals surface area contributed by atoms with Crippen LogP contribution in [0.4, 0.5) is 9.18 Å². The molecule has 38 heavy (non-hydrogen) atoms. The van der Waals surface area contributed by atoms with Gasteiger partial charge in [0.05, 0.1) is 0 Å². The molecule has 0 amide bonds. The van der Waals surface area contributed by atoms with E-state index in [0.29, 0.717) is 5.41 Å². The molecule has 3 nitrogen and oxygen atoms in total. The van der Waals surface area contributed by atoms with Crippen molar-refractivity contribution in [2.75, 3.05) is 0 Å². The molecule has 4 heteroatoms. The summed E-state index contributed by atoms with van der Waals surface area (Å²) in [6.45, 7) is 12.4. The Labute approximate surface area is 229 Å². The fourth-order valence-corrected chi connectivity index (χ4v) is 9.53. The average molecular weight is 525 g/mol. The minimum Gasteiger partial charge on any atom is -0.430 e. The Bertz CT molecular complexity index is 1030. The lowest BCUT2D eigenvalue weighted by molar-refractivity contribution is -0.0597. The van der Waals surface area contributed by atoms with Crippen molar-refractivity contribution in [2.45, 2.75) is 111 Å². The van der Waals surface area contributed by atoms with Gasteiger partial charge >= 0.3 is 6.16 Å². The van der Waals surface area contributed by atoms with E-state index in [1.807, 2.05) is 0 Å². The van der Waals surface area contributed by atoms with Crippen LogP contribution in [0.5, 0.6) is 5.75 Å². The van der Waals surface area contributed by atoms with Gasteiger partial charge in [0.1, 0.15) is 6.10 Å². The van der Waals surface area contributed by atoms with Gasteiger partial charge in [-0.25, -0.2) is 9.18 Å². The van der Waals surface area contributed by atoms with Gasteiger partial charge in [-0.2, -0.15) is 0 Å². The van der Waals surface area contributed by atoms with E-state index in [9.17, 15) is 9.18 Å². The molecule has 4 aliphatic carbocycles. The number of halogens is 1. The van der Waals surface area contributed by atoms with Crippen LogP contribution < -0.4 is 4.74 Å². The molecule has 3 saturated carbocycles. The topological polar surface area (TPSA) is 35.5 Å². The van der Waals surface area contributed by atoms with E-state index in [1.54, 1.807) is 12.1 Å². The second-order valence-electron chi connectivity index (χ2n) is 14.1. The van der Waals surface area contributed by atoms with Crippen molar-refractivity contribution in [3.63, 3.8) is 0 Å². The van der Waals surface area contributed by atoms with Gasteiger partial charge in [-0.05, 0) is 103 Å². The Hall–Kier alpha value is -1.84. The van der Waals surface area contributed by atoms with Crippen molar-refractivity contribution in [3.8, 4) is 5.75 Å². The van der Waals surface area contributed by atoms with Crippen LogP contribution >= 0.6 is 0 Å². The van der Waals surface area contributed by atoms with E-state index in [1.165, 1.54) is 69.1 Å². The summed E-state index contributed by atoms with van der Waals surface area (Å²) in [6, 6.07) is 5.96. The molecular formula is C34H49FO3. The highest BCUT2D eigenvalue weighted by atomic mass is 19.1. The summed E-state index contributed by atoms with van der Waals surface area (Å²) in [5.74, 6) is 4.27. The van der Waals surface area contributed by atoms with Crippen LogP contribution in [0, 0.1) is 52.2 Å². The Kier molecular flexibility index (Phi) is 8.00. The van der Waals surface area contributed by atoms with Gasteiger partial charge in [0.15, 0.2) is 11.6 Å². The van der Waals surface area contributed by atoms with Gasteiger partial charge < -0.3 is 9.47 Å². The van der Waals surface area contributed by atoms with Crippen molar-refractivity contribution in [2.24, 2.45) is 46.3 Å². The van der Waals surface area contributed by atoms with Crippen molar-refractivity contribution in [1.82, 2.24) is 0 Å². The molecule has 0 aromatic heterocycles. The summed E-state index contributed by atoms with van der Waals surface area (Å²) in [7, 11) is 0. The number of fused-ring (bicyclic) bond motifs is 5. The molecule has 1 aromatic rings. The smallest absolute Gasteiger partial charge is 0.430 e. The first kappa shape index (κ1) is 27.7. The van der Waals surface area contributed by atoms with Crippen LogP contribution in [0.25, 0.3) is 0 Å². The molecule has 0 radical (unpaired) electrons. The lowest BCUT2D eigenvalue weighted by Gasteiger charge is -2.58. The third kappa shape index (κ3) is 5.18. The van der Waals surface area contributed by atoms with Gasteiger partial charge in [-0.15, -0.1) is 0 Å². The van der Waals surface area contributed by atoms with Crippen LogP contribution in [-0.4, -0.2) is 12.3 Å². The molecule has 0 N–H and O–H groups in total. The van der Waals surface area contributed by atoms with Crippen LogP contribution in [0.2, 0.25) is 0 Å². The average Bonchev–Trinajstić information content (AvgIpc) is 3.23. The van der Waals surface area contributed by atoms with E-state index in [-0.39, 0.29) is 17.3 Å². The number of benzene rings is 1. The van der Waals surface area contributed by atoms with E-state index >= 15 is 0 Å². The first-order valence-electron chi connectivity index (χ1n) is 15.4. The monoisotopic (exact) mass is 524 g/mol. The highest BCUT2D eigenvalue weighted by molar-refractivity contribution is 5.64. The summed E-state index contributed by atoms with van der Waals surface area (Å²) in [6.07, 6.45) is 15.0. The molecule has 0 saturated heterocycles. The number of rotatable bonds is 7. The molecule has 210 valence electrons. The molecule has 5 rings (SSSR count).